The number of rotatable bonds is 3. The van der Waals surface area contributed by atoms with Gasteiger partial charge in [-0.25, -0.2) is 0 Å². The van der Waals surface area contributed by atoms with Crippen LogP contribution in [0, 0.1) is 5.41 Å². The molecule has 0 heterocycles. The van der Waals surface area contributed by atoms with E-state index < -0.39 is 0 Å². The van der Waals surface area contributed by atoms with E-state index in [4.69, 9.17) is 11.1 Å². The summed E-state index contributed by atoms with van der Waals surface area (Å²) in [5.74, 6) is 0. The first-order chi connectivity index (χ1) is 3.41. The third-order valence-electron chi connectivity index (χ3n) is 0.557. The molecule has 0 aliphatic heterocycles. The molecule has 0 amide bonds. The number of hydrogen-bond donors (Lipinski definition) is 2. The second-order valence-electron chi connectivity index (χ2n) is 1.15. The van der Waals surface area contributed by atoms with Gasteiger partial charge < -0.3 is 11.1 Å². The van der Waals surface area contributed by atoms with Crippen molar-refractivity contribution >= 4 is 6.21 Å². The van der Waals surface area contributed by atoms with Crippen LogP contribution >= 0.6 is 0 Å². The topological polar surface area (TPSA) is 49.9 Å². The molecule has 7 heavy (non-hydrogen) atoms. The Hall–Kier alpha value is -0.630. The largest absolute Gasteiger partial charge is 0.327 e. The Kier molecular flexibility index (Phi) is 4.89. The van der Waals surface area contributed by atoms with E-state index in [0.29, 0.717) is 13.0 Å². The van der Waals surface area contributed by atoms with Crippen LogP contribution in [-0.2, 0) is 0 Å². The Morgan fingerprint density at radius 1 is 1.43 bits per heavy atom. The average Bonchev–Trinajstić information content (AvgIpc) is 1.69. The van der Waals surface area contributed by atoms with Gasteiger partial charge in [0.2, 0.25) is 0 Å². The smallest absolute Gasteiger partial charge is 0.0106 e. The molecule has 0 aliphatic carbocycles. The predicted molar refractivity (Wildman–Crippen MR) is 31.6 cm³/mol. The minimum Gasteiger partial charge on any atom is -0.327 e. The summed E-state index contributed by atoms with van der Waals surface area (Å²) in [6.45, 7) is 0.577. The van der Waals surface area contributed by atoms with Crippen LogP contribution < -0.4 is 5.73 Å². The monoisotopic (exact) mass is 98.1 g/mol. The molecule has 0 aliphatic rings. The number of allylic oxidation sites excluding steroid dienone is 1. The third kappa shape index (κ3) is 5.37. The molecule has 0 aromatic carbocycles. The van der Waals surface area contributed by atoms with E-state index in [9.17, 15) is 0 Å². The van der Waals surface area contributed by atoms with Crippen LogP contribution in [0.25, 0.3) is 0 Å². The molecule has 2 heteroatoms. The fourth-order valence-corrected chi connectivity index (χ4v) is 0.260. The van der Waals surface area contributed by atoms with E-state index in [1.807, 2.05) is 12.2 Å². The van der Waals surface area contributed by atoms with Crippen LogP contribution in [0.4, 0.5) is 0 Å². The molecule has 2 nitrogen and oxygen atoms in total. The first-order valence-corrected chi connectivity index (χ1v) is 2.26. The van der Waals surface area contributed by atoms with Crippen LogP contribution in [0.1, 0.15) is 6.42 Å². The molecule has 0 rings (SSSR count). The van der Waals surface area contributed by atoms with Gasteiger partial charge in [-0.1, -0.05) is 12.2 Å². The molecule has 0 saturated carbocycles. The zero-order valence-corrected chi connectivity index (χ0v) is 4.22. The lowest BCUT2D eigenvalue weighted by Crippen LogP contribution is -1.91. The number of nitrogens with two attached hydrogens (primary N) is 1. The van der Waals surface area contributed by atoms with Gasteiger partial charge in [-0.05, 0) is 6.21 Å². The van der Waals surface area contributed by atoms with Gasteiger partial charge in [0.05, 0.1) is 0 Å². The average molecular weight is 98.1 g/mol. The van der Waals surface area contributed by atoms with Gasteiger partial charge in [0, 0.05) is 13.0 Å². The highest BCUT2D eigenvalue weighted by Gasteiger charge is 1.64. The fraction of sp³-hybridized carbons (Fsp3) is 0.400. The number of nitrogens with one attached hydrogen (secondary N) is 1. The minimum atomic E-state index is 0.577. The molecule has 0 aromatic rings. The first-order valence-electron chi connectivity index (χ1n) is 2.26. The van der Waals surface area contributed by atoms with Crippen molar-refractivity contribution in [3.8, 4) is 0 Å². The number of hydrogen-bond acceptors (Lipinski definition) is 2. The van der Waals surface area contributed by atoms with Crippen molar-refractivity contribution in [2.45, 2.75) is 6.42 Å². The summed E-state index contributed by atoms with van der Waals surface area (Å²) in [6, 6.07) is 0. The lowest BCUT2D eigenvalue weighted by atomic mass is 10.4. The Balaban J connectivity index is 2.92. The standard InChI is InChI=1S/C5H10N2/c6-4-2-1-3-5-7/h1-2,5,7H,3-4,6H2. The molecule has 3 N–H and O–H groups in total. The maximum absolute atomic E-state index is 6.56. The molecule has 0 saturated heterocycles. The second-order valence-corrected chi connectivity index (χ2v) is 1.15. The van der Waals surface area contributed by atoms with Crippen molar-refractivity contribution < 1.29 is 0 Å². The van der Waals surface area contributed by atoms with E-state index in [1.165, 1.54) is 6.21 Å². The van der Waals surface area contributed by atoms with Gasteiger partial charge in [0.1, 0.15) is 0 Å². The minimum absolute atomic E-state index is 0.577. The summed E-state index contributed by atoms with van der Waals surface area (Å²) < 4.78 is 0. The Bertz CT molecular complexity index is 66.5. The molecule has 40 valence electrons. The van der Waals surface area contributed by atoms with Crippen LogP contribution in [0.15, 0.2) is 12.2 Å². The van der Waals surface area contributed by atoms with E-state index >= 15 is 0 Å². The van der Waals surface area contributed by atoms with Crippen LogP contribution in [0.2, 0.25) is 0 Å². The summed E-state index contributed by atoms with van der Waals surface area (Å²) in [4.78, 5) is 0. The van der Waals surface area contributed by atoms with Gasteiger partial charge in [0.15, 0.2) is 0 Å². The molecule has 0 atom stereocenters. The van der Waals surface area contributed by atoms with E-state index in [1.54, 1.807) is 0 Å². The highest BCUT2D eigenvalue weighted by molar-refractivity contribution is 5.55. The first kappa shape index (κ1) is 6.37. The summed E-state index contributed by atoms with van der Waals surface area (Å²) in [5.41, 5.74) is 5.11. The highest BCUT2D eigenvalue weighted by Crippen LogP contribution is 1.72. The van der Waals surface area contributed by atoms with Gasteiger partial charge >= 0.3 is 0 Å². The Labute approximate surface area is 43.5 Å². The molecule has 0 unspecified atom stereocenters. The summed E-state index contributed by atoms with van der Waals surface area (Å²) in [6.07, 6.45) is 5.75. The van der Waals surface area contributed by atoms with E-state index in [0.717, 1.165) is 0 Å². The van der Waals surface area contributed by atoms with Crippen LogP contribution in [-0.4, -0.2) is 12.8 Å². The van der Waals surface area contributed by atoms with Crippen molar-refractivity contribution in [2.75, 3.05) is 6.54 Å². The molecule has 0 fully saturated rings. The summed E-state index contributed by atoms with van der Waals surface area (Å²) in [5, 5.41) is 6.56. The van der Waals surface area contributed by atoms with Crippen molar-refractivity contribution in [3.05, 3.63) is 12.2 Å². The van der Waals surface area contributed by atoms with Gasteiger partial charge in [-0.3, -0.25) is 0 Å². The maximum Gasteiger partial charge on any atom is 0.0106 e. The highest BCUT2D eigenvalue weighted by atomic mass is 14.5. The quantitative estimate of drug-likeness (QED) is 0.393. The van der Waals surface area contributed by atoms with E-state index in [-0.39, 0.29) is 0 Å². The molecular weight excluding hydrogens is 88.1 g/mol. The lowest BCUT2D eigenvalue weighted by Gasteiger charge is -1.75. The zero-order valence-electron chi connectivity index (χ0n) is 4.22. The SMILES string of the molecule is N=CCC=CCN. The Morgan fingerprint density at radius 3 is 2.57 bits per heavy atom. The predicted octanol–water partition coefficient (Wildman–Crippen LogP) is 0.541. The molecular formula is C5H10N2. The van der Waals surface area contributed by atoms with Crippen molar-refractivity contribution in [2.24, 2.45) is 5.73 Å². The van der Waals surface area contributed by atoms with Gasteiger partial charge in [-0.2, -0.15) is 0 Å². The van der Waals surface area contributed by atoms with Gasteiger partial charge in [-0.15, -0.1) is 0 Å². The Morgan fingerprint density at radius 2 is 2.14 bits per heavy atom. The molecule has 0 spiro atoms. The summed E-state index contributed by atoms with van der Waals surface area (Å²) >= 11 is 0. The normalized spacial score (nSPS) is 9.86. The fourth-order valence-electron chi connectivity index (χ4n) is 0.260. The maximum atomic E-state index is 6.56. The van der Waals surface area contributed by atoms with Crippen LogP contribution in [0.3, 0.4) is 0 Å². The molecule has 0 radical (unpaired) electrons. The lowest BCUT2D eigenvalue weighted by molar-refractivity contribution is 1.24. The second kappa shape index (κ2) is 5.37. The molecule has 0 aromatic heterocycles. The van der Waals surface area contributed by atoms with Crippen molar-refractivity contribution in [3.63, 3.8) is 0 Å². The van der Waals surface area contributed by atoms with Crippen molar-refractivity contribution in [1.29, 1.82) is 5.41 Å². The van der Waals surface area contributed by atoms with Gasteiger partial charge in [0.25, 0.3) is 0 Å². The van der Waals surface area contributed by atoms with E-state index in [2.05, 4.69) is 0 Å². The third-order valence-corrected chi connectivity index (χ3v) is 0.557. The van der Waals surface area contributed by atoms with Crippen molar-refractivity contribution in [1.82, 2.24) is 0 Å². The summed E-state index contributed by atoms with van der Waals surface area (Å²) in [7, 11) is 0. The zero-order chi connectivity index (χ0) is 5.54. The molecule has 0 bridgehead atoms. The van der Waals surface area contributed by atoms with Crippen LogP contribution in [0.5, 0.6) is 0 Å².